The summed E-state index contributed by atoms with van der Waals surface area (Å²) < 4.78 is 56.9. The zero-order chi connectivity index (χ0) is 28.8. The summed E-state index contributed by atoms with van der Waals surface area (Å²) in [5.41, 5.74) is 0.769. The molecule has 0 bridgehead atoms. The molecule has 0 aliphatic heterocycles. The molecule has 2 N–H and O–H groups in total. The number of hydrogen-bond donors (Lipinski definition) is 2. The summed E-state index contributed by atoms with van der Waals surface area (Å²) in [6.07, 6.45) is 1.37. The van der Waals surface area contributed by atoms with Crippen LogP contribution in [0.2, 0.25) is 5.02 Å². The van der Waals surface area contributed by atoms with Crippen LogP contribution in [0.1, 0.15) is 27.7 Å². The first-order chi connectivity index (χ1) is 18.4. The zero-order valence-electron chi connectivity index (χ0n) is 22.6. The van der Waals surface area contributed by atoms with Gasteiger partial charge in [0, 0.05) is 12.6 Å². The fourth-order valence-corrected chi connectivity index (χ4v) is 6.35. The molecule has 10 nitrogen and oxygen atoms in total. The lowest BCUT2D eigenvalue weighted by Crippen LogP contribution is -2.29. The van der Waals surface area contributed by atoms with Crippen LogP contribution < -0.4 is 15.4 Å². The molecule has 13 heteroatoms. The van der Waals surface area contributed by atoms with Crippen molar-refractivity contribution in [3.05, 3.63) is 53.7 Å². The summed E-state index contributed by atoms with van der Waals surface area (Å²) in [6.45, 7) is 9.19. The van der Waals surface area contributed by atoms with Crippen molar-refractivity contribution < 1.29 is 21.6 Å². The van der Waals surface area contributed by atoms with Gasteiger partial charge < -0.3 is 20.3 Å². The van der Waals surface area contributed by atoms with Crippen molar-refractivity contribution in [1.82, 2.24) is 14.9 Å². The number of anilines is 4. The zero-order valence-corrected chi connectivity index (χ0v) is 25.0. The molecule has 0 saturated carbocycles. The standard InChI is InChI=1S/C26H34ClN5O5S2/c1-6-32(7-2)14-15-38(33,34)19-12-13-21(23(16-19)37-5)30-26-28-17-20(27)25(31-26)29-22-10-8-9-11-24(22)39(35,36)18(3)4/h8-13,16-18H,6-7,14-15H2,1-5H3,(H2,28,29,30,31). The second-order valence-corrected chi connectivity index (χ2v) is 13.9. The first kappa shape index (κ1) is 30.6. The highest BCUT2D eigenvalue weighted by molar-refractivity contribution is 7.92. The third kappa shape index (κ3) is 7.38. The van der Waals surface area contributed by atoms with Gasteiger partial charge in [0.05, 0.1) is 45.5 Å². The lowest BCUT2D eigenvalue weighted by atomic mass is 10.3. The van der Waals surface area contributed by atoms with E-state index in [9.17, 15) is 16.8 Å². The van der Waals surface area contributed by atoms with E-state index in [1.165, 1.54) is 31.5 Å². The molecule has 0 fully saturated rings. The van der Waals surface area contributed by atoms with Crippen LogP contribution in [0.15, 0.2) is 58.5 Å². The maximum Gasteiger partial charge on any atom is 0.229 e. The minimum Gasteiger partial charge on any atom is -0.495 e. The number of para-hydroxylation sites is 1. The lowest BCUT2D eigenvalue weighted by Gasteiger charge is -2.18. The van der Waals surface area contributed by atoms with Crippen molar-refractivity contribution in [3.8, 4) is 5.75 Å². The Bertz CT molecular complexity index is 1510. The minimum absolute atomic E-state index is 0.00601. The predicted octanol–water partition coefficient (Wildman–Crippen LogP) is 4.92. The Hall–Kier alpha value is -2.93. The topological polar surface area (TPSA) is 131 Å². The molecular weight excluding hydrogens is 562 g/mol. The molecule has 0 amide bonds. The van der Waals surface area contributed by atoms with Crippen LogP contribution in [-0.2, 0) is 19.7 Å². The minimum atomic E-state index is -3.57. The van der Waals surface area contributed by atoms with Gasteiger partial charge in [-0.3, -0.25) is 0 Å². The van der Waals surface area contributed by atoms with Crippen LogP contribution in [-0.4, -0.2) is 69.5 Å². The fourth-order valence-electron chi connectivity index (χ4n) is 3.71. The van der Waals surface area contributed by atoms with E-state index >= 15 is 0 Å². The van der Waals surface area contributed by atoms with Crippen LogP contribution >= 0.6 is 11.6 Å². The van der Waals surface area contributed by atoms with Gasteiger partial charge in [-0.2, -0.15) is 4.98 Å². The summed E-state index contributed by atoms with van der Waals surface area (Å²) in [7, 11) is -5.65. The molecule has 0 saturated heterocycles. The number of hydrogen-bond acceptors (Lipinski definition) is 10. The summed E-state index contributed by atoms with van der Waals surface area (Å²) >= 11 is 6.32. The lowest BCUT2D eigenvalue weighted by molar-refractivity contribution is 0.321. The molecule has 0 radical (unpaired) electrons. The molecule has 0 aliphatic carbocycles. The van der Waals surface area contributed by atoms with Crippen LogP contribution in [0, 0.1) is 0 Å². The number of aromatic nitrogens is 2. The Morgan fingerprint density at radius 1 is 1.00 bits per heavy atom. The largest absolute Gasteiger partial charge is 0.495 e. The highest BCUT2D eigenvalue weighted by Gasteiger charge is 2.23. The van der Waals surface area contributed by atoms with Gasteiger partial charge in [-0.05, 0) is 51.2 Å². The summed E-state index contributed by atoms with van der Waals surface area (Å²) in [5.74, 6) is 0.616. The van der Waals surface area contributed by atoms with Gasteiger partial charge in [-0.1, -0.05) is 37.6 Å². The Labute approximate surface area is 235 Å². The van der Waals surface area contributed by atoms with Gasteiger partial charge >= 0.3 is 0 Å². The van der Waals surface area contributed by atoms with Crippen molar-refractivity contribution in [2.24, 2.45) is 0 Å². The summed E-state index contributed by atoms with van der Waals surface area (Å²) in [5, 5.41) is 5.59. The molecule has 0 spiro atoms. The molecule has 0 atom stereocenters. The van der Waals surface area contributed by atoms with Crippen molar-refractivity contribution in [1.29, 1.82) is 0 Å². The van der Waals surface area contributed by atoms with Gasteiger partial charge in [-0.25, -0.2) is 21.8 Å². The van der Waals surface area contributed by atoms with Crippen LogP contribution in [0.25, 0.3) is 0 Å². The number of rotatable bonds is 13. The Morgan fingerprint density at radius 2 is 1.69 bits per heavy atom. The molecule has 212 valence electrons. The highest BCUT2D eigenvalue weighted by atomic mass is 35.5. The number of ether oxygens (including phenoxy) is 1. The molecule has 3 rings (SSSR count). The molecule has 0 unspecified atom stereocenters. The Kier molecular flexibility index (Phi) is 10.2. The Balaban J connectivity index is 1.87. The van der Waals surface area contributed by atoms with E-state index in [0.29, 0.717) is 23.7 Å². The molecule has 0 aliphatic rings. The molecule has 1 heterocycles. The van der Waals surface area contributed by atoms with E-state index in [2.05, 4.69) is 20.6 Å². The average Bonchev–Trinajstić information content (AvgIpc) is 2.91. The van der Waals surface area contributed by atoms with Crippen LogP contribution in [0.5, 0.6) is 5.75 Å². The summed E-state index contributed by atoms with van der Waals surface area (Å²) in [4.78, 5) is 10.9. The van der Waals surface area contributed by atoms with Crippen LogP contribution in [0.4, 0.5) is 23.1 Å². The normalized spacial score (nSPS) is 12.1. The van der Waals surface area contributed by atoms with Crippen molar-refractivity contribution in [2.75, 3.05) is 43.1 Å². The van der Waals surface area contributed by atoms with Crippen molar-refractivity contribution >= 4 is 54.4 Å². The monoisotopic (exact) mass is 595 g/mol. The molecule has 3 aromatic rings. The average molecular weight is 596 g/mol. The van der Waals surface area contributed by atoms with E-state index in [-0.39, 0.29) is 32.3 Å². The van der Waals surface area contributed by atoms with Crippen molar-refractivity contribution in [3.63, 3.8) is 0 Å². The molecular formula is C26H34ClN5O5S2. The first-order valence-corrected chi connectivity index (χ1v) is 16.0. The van der Waals surface area contributed by atoms with Crippen LogP contribution in [0.3, 0.4) is 0 Å². The second-order valence-electron chi connectivity index (χ2n) is 8.94. The van der Waals surface area contributed by atoms with Gasteiger partial charge in [0.1, 0.15) is 10.8 Å². The number of benzene rings is 2. The third-order valence-electron chi connectivity index (χ3n) is 6.16. The smallest absolute Gasteiger partial charge is 0.229 e. The highest BCUT2D eigenvalue weighted by Crippen LogP contribution is 2.33. The van der Waals surface area contributed by atoms with Gasteiger partial charge in [0.2, 0.25) is 5.95 Å². The molecule has 1 aromatic heterocycles. The van der Waals surface area contributed by atoms with E-state index < -0.39 is 24.9 Å². The quantitative estimate of drug-likeness (QED) is 0.280. The number of halogens is 1. The summed E-state index contributed by atoms with van der Waals surface area (Å²) in [6, 6.07) is 11.1. The fraction of sp³-hybridized carbons (Fsp3) is 0.385. The van der Waals surface area contributed by atoms with Gasteiger partial charge in [-0.15, -0.1) is 0 Å². The number of nitrogens with one attached hydrogen (secondary N) is 2. The van der Waals surface area contributed by atoms with E-state index in [4.69, 9.17) is 16.3 Å². The first-order valence-electron chi connectivity index (χ1n) is 12.5. The van der Waals surface area contributed by atoms with E-state index in [1.807, 2.05) is 18.7 Å². The molecule has 39 heavy (non-hydrogen) atoms. The number of methoxy groups -OCH3 is 1. The second kappa shape index (κ2) is 12.9. The maximum absolute atomic E-state index is 12.9. The predicted molar refractivity (Wildman–Crippen MR) is 155 cm³/mol. The maximum atomic E-state index is 12.9. The SMILES string of the molecule is CCN(CC)CCS(=O)(=O)c1ccc(Nc2ncc(Cl)c(Nc3ccccc3S(=O)(=O)C(C)C)n2)c(OC)c1. The van der Waals surface area contributed by atoms with Gasteiger partial charge in [0.25, 0.3) is 0 Å². The van der Waals surface area contributed by atoms with Gasteiger partial charge in [0.15, 0.2) is 25.5 Å². The molecule has 2 aromatic carbocycles. The van der Waals surface area contributed by atoms with E-state index in [1.54, 1.807) is 38.1 Å². The van der Waals surface area contributed by atoms with E-state index in [0.717, 1.165) is 13.1 Å². The Morgan fingerprint density at radius 3 is 2.33 bits per heavy atom. The number of nitrogens with zero attached hydrogens (tertiary/aromatic N) is 3. The van der Waals surface area contributed by atoms with Crippen molar-refractivity contribution in [2.45, 2.75) is 42.7 Å². The number of sulfone groups is 2. The third-order valence-corrected chi connectivity index (χ3v) is 10.3.